The van der Waals surface area contributed by atoms with Gasteiger partial charge in [-0.2, -0.15) is 8.78 Å². The first-order valence-corrected chi connectivity index (χ1v) is 9.02. The number of nitrogens with one attached hydrogen (secondary N) is 1. The van der Waals surface area contributed by atoms with Gasteiger partial charge in [0.1, 0.15) is 5.03 Å². The molecule has 0 radical (unpaired) electrons. The molecule has 1 amide bonds. The van der Waals surface area contributed by atoms with Crippen LogP contribution in [0.5, 0.6) is 0 Å². The highest BCUT2D eigenvalue weighted by Crippen LogP contribution is 2.28. The smallest absolute Gasteiger partial charge is 0.290 e. The van der Waals surface area contributed by atoms with E-state index in [-0.39, 0.29) is 22.4 Å². The van der Waals surface area contributed by atoms with Gasteiger partial charge in [-0.1, -0.05) is 12.1 Å². The number of benzene rings is 1. The van der Waals surface area contributed by atoms with Crippen LogP contribution in [0.4, 0.5) is 14.5 Å². The fraction of sp³-hybridized carbons (Fsp3) is 0.118. The maximum absolute atomic E-state index is 12.6. The highest BCUT2D eigenvalue weighted by molar-refractivity contribution is 7.99. The third kappa shape index (κ3) is 4.40. The number of hydrogen-bond donors (Lipinski definition) is 1. The Kier molecular flexibility index (Phi) is 5.40. The van der Waals surface area contributed by atoms with Crippen molar-refractivity contribution in [1.82, 2.24) is 9.97 Å². The van der Waals surface area contributed by atoms with Crippen LogP contribution in [0.2, 0.25) is 0 Å². The molecule has 0 bridgehead atoms. The highest BCUT2D eigenvalue weighted by atomic mass is 32.2. The van der Waals surface area contributed by atoms with E-state index in [1.165, 1.54) is 12.3 Å². The van der Waals surface area contributed by atoms with Gasteiger partial charge in [0, 0.05) is 22.8 Å². The molecule has 3 aromatic rings. The van der Waals surface area contributed by atoms with Gasteiger partial charge in [-0.15, -0.1) is 11.3 Å². The molecule has 8 heteroatoms. The third-order valence-corrected chi connectivity index (χ3v) is 4.75. The Morgan fingerprint density at radius 1 is 1.28 bits per heavy atom. The number of nitrogens with zero attached hydrogens (tertiary/aromatic N) is 2. The van der Waals surface area contributed by atoms with Crippen molar-refractivity contribution in [3.63, 3.8) is 0 Å². The molecule has 0 saturated carbocycles. The molecule has 4 nitrogen and oxygen atoms in total. The Morgan fingerprint density at radius 3 is 2.84 bits per heavy atom. The monoisotopic (exact) mass is 377 g/mol. The second-order valence-corrected chi connectivity index (χ2v) is 7.06. The van der Waals surface area contributed by atoms with E-state index in [2.05, 4.69) is 15.3 Å². The predicted molar refractivity (Wildman–Crippen MR) is 96.3 cm³/mol. The molecule has 0 unspecified atom stereocenters. The second kappa shape index (κ2) is 7.71. The number of anilines is 1. The normalized spacial score (nSPS) is 10.9. The average Bonchev–Trinajstić information content (AvgIpc) is 3.01. The number of pyridine rings is 1. The molecule has 1 N–H and O–H groups in total. The van der Waals surface area contributed by atoms with Crippen LogP contribution >= 0.6 is 23.1 Å². The summed E-state index contributed by atoms with van der Waals surface area (Å²) in [6, 6.07) is 10.2. The highest BCUT2D eigenvalue weighted by Gasteiger charge is 2.17. The Balaban J connectivity index is 1.82. The Labute approximate surface area is 151 Å². The fourth-order valence-corrected chi connectivity index (χ4v) is 3.39. The van der Waals surface area contributed by atoms with Gasteiger partial charge in [-0.05, 0) is 43.0 Å². The first kappa shape index (κ1) is 17.5. The van der Waals surface area contributed by atoms with E-state index < -0.39 is 11.7 Å². The zero-order chi connectivity index (χ0) is 17.8. The standard InChI is InChI=1S/C17H13F2N3OS2/c1-10-21-14(9-24-10)11-4-2-5-12(8-11)22-15(23)13-6-3-7-20-16(13)25-17(18)19/h2-9,17H,1H3,(H,22,23). The minimum atomic E-state index is -2.64. The van der Waals surface area contributed by atoms with E-state index in [4.69, 9.17) is 0 Å². The maximum atomic E-state index is 12.6. The molecule has 0 spiro atoms. The molecule has 25 heavy (non-hydrogen) atoms. The molecule has 3 rings (SSSR count). The Hall–Kier alpha value is -2.32. The molecule has 0 aliphatic carbocycles. The van der Waals surface area contributed by atoms with Crippen molar-refractivity contribution in [2.75, 3.05) is 5.32 Å². The topological polar surface area (TPSA) is 54.9 Å². The summed E-state index contributed by atoms with van der Waals surface area (Å²) in [5.41, 5.74) is 2.37. The molecule has 128 valence electrons. The Morgan fingerprint density at radius 2 is 2.12 bits per heavy atom. The summed E-state index contributed by atoms with van der Waals surface area (Å²) in [6.45, 7) is 1.92. The molecule has 0 atom stereocenters. The van der Waals surface area contributed by atoms with Crippen LogP contribution in [0.3, 0.4) is 0 Å². The number of carbonyl (C=O) groups is 1. The number of aromatic nitrogens is 2. The first-order valence-electron chi connectivity index (χ1n) is 7.26. The third-order valence-electron chi connectivity index (χ3n) is 3.25. The quantitative estimate of drug-likeness (QED) is 0.630. The van der Waals surface area contributed by atoms with Crippen molar-refractivity contribution < 1.29 is 13.6 Å². The SMILES string of the molecule is Cc1nc(-c2cccc(NC(=O)c3cccnc3SC(F)F)c2)cs1. The van der Waals surface area contributed by atoms with Crippen LogP contribution in [0, 0.1) is 6.92 Å². The summed E-state index contributed by atoms with van der Waals surface area (Å²) in [7, 11) is 0. The minimum Gasteiger partial charge on any atom is -0.322 e. The van der Waals surface area contributed by atoms with E-state index in [1.54, 1.807) is 35.6 Å². The molecule has 0 aliphatic heterocycles. The number of halogens is 2. The Bertz CT molecular complexity index is 899. The van der Waals surface area contributed by atoms with Crippen LogP contribution in [-0.4, -0.2) is 21.6 Å². The van der Waals surface area contributed by atoms with E-state index in [0.29, 0.717) is 5.69 Å². The van der Waals surface area contributed by atoms with Gasteiger partial charge in [0.2, 0.25) is 0 Å². The summed E-state index contributed by atoms with van der Waals surface area (Å²) < 4.78 is 25.2. The van der Waals surface area contributed by atoms with Gasteiger partial charge >= 0.3 is 0 Å². The largest absolute Gasteiger partial charge is 0.322 e. The van der Waals surface area contributed by atoms with Gasteiger partial charge in [-0.25, -0.2) is 9.97 Å². The lowest BCUT2D eigenvalue weighted by molar-refractivity contribution is 0.102. The van der Waals surface area contributed by atoms with Crippen LogP contribution < -0.4 is 5.32 Å². The van der Waals surface area contributed by atoms with Gasteiger partial charge in [0.25, 0.3) is 11.7 Å². The number of amides is 1. The molecule has 0 saturated heterocycles. The van der Waals surface area contributed by atoms with Crippen LogP contribution in [0.15, 0.2) is 53.0 Å². The van der Waals surface area contributed by atoms with Crippen molar-refractivity contribution >= 4 is 34.7 Å². The van der Waals surface area contributed by atoms with Crippen molar-refractivity contribution in [2.24, 2.45) is 0 Å². The van der Waals surface area contributed by atoms with Crippen molar-refractivity contribution in [3.8, 4) is 11.3 Å². The lowest BCUT2D eigenvalue weighted by atomic mass is 10.1. The van der Waals surface area contributed by atoms with E-state index in [1.807, 2.05) is 18.4 Å². The van der Waals surface area contributed by atoms with Crippen LogP contribution in [0.1, 0.15) is 15.4 Å². The predicted octanol–water partition coefficient (Wildman–Crippen LogP) is 5.08. The molecule has 0 aliphatic rings. The molecule has 0 fully saturated rings. The number of thiazole rings is 1. The summed E-state index contributed by atoms with van der Waals surface area (Å²) in [4.78, 5) is 20.7. The number of rotatable bonds is 5. The molecular weight excluding hydrogens is 364 g/mol. The first-order chi connectivity index (χ1) is 12.0. The van der Waals surface area contributed by atoms with Gasteiger partial charge in [0.15, 0.2) is 0 Å². The number of thioether (sulfide) groups is 1. The van der Waals surface area contributed by atoms with E-state index in [9.17, 15) is 13.6 Å². The fourth-order valence-electron chi connectivity index (χ4n) is 2.19. The summed E-state index contributed by atoms with van der Waals surface area (Å²) in [6.07, 6.45) is 1.38. The van der Waals surface area contributed by atoms with Crippen molar-refractivity contribution in [2.45, 2.75) is 17.7 Å². The second-order valence-electron chi connectivity index (χ2n) is 5.02. The zero-order valence-corrected chi connectivity index (χ0v) is 14.7. The minimum absolute atomic E-state index is 0.00119. The van der Waals surface area contributed by atoms with Crippen molar-refractivity contribution in [3.05, 3.63) is 58.5 Å². The maximum Gasteiger partial charge on any atom is 0.290 e. The van der Waals surface area contributed by atoms with Crippen LogP contribution in [-0.2, 0) is 0 Å². The van der Waals surface area contributed by atoms with Gasteiger partial charge < -0.3 is 5.32 Å². The van der Waals surface area contributed by atoms with Gasteiger partial charge in [0.05, 0.1) is 16.3 Å². The number of carbonyl (C=O) groups excluding carboxylic acids is 1. The number of hydrogen-bond acceptors (Lipinski definition) is 5. The average molecular weight is 377 g/mol. The molecule has 2 aromatic heterocycles. The van der Waals surface area contributed by atoms with Crippen molar-refractivity contribution in [1.29, 1.82) is 0 Å². The number of alkyl halides is 2. The van der Waals surface area contributed by atoms with Crippen LogP contribution in [0.25, 0.3) is 11.3 Å². The van der Waals surface area contributed by atoms with E-state index >= 15 is 0 Å². The summed E-state index contributed by atoms with van der Waals surface area (Å²) in [5.74, 6) is -3.12. The molecule has 1 aromatic carbocycles. The van der Waals surface area contributed by atoms with Gasteiger partial charge in [-0.3, -0.25) is 4.79 Å². The summed E-state index contributed by atoms with van der Waals surface area (Å²) in [5, 5.41) is 5.62. The van der Waals surface area contributed by atoms with E-state index in [0.717, 1.165) is 16.3 Å². The lowest BCUT2D eigenvalue weighted by Gasteiger charge is -2.09. The lowest BCUT2D eigenvalue weighted by Crippen LogP contribution is -2.14. The summed E-state index contributed by atoms with van der Waals surface area (Å²) >= 11 is 1.80. The molecular formula is C17H13F2N3OS2. The number of aryl methyl sites for hydroxylation is 1. The zero-order valence-electron chi connectivity index (χ0n) is 13.1. The molecule has 2 heterocycles.